The SMILES string of the molecule is Br.Br.Br.Br.C.CCNCCCNCCCNCCCNCc1ccc(C(C)C)cc1. The van der Waals surface area contributed by atoms with Crippen molar-refractivity contribution in [3.63, 3.8) is 0 Å². The van der Waals surface area contributed by atoms with Gasteiger partial charge < -0.3 is 21.3 Å². The van der Waals surface area contributed by atoms with Crippen molar-refractivity contribution in [2.24, 2.45) is 0 Å². The molecule has 0 bridgehead atoms. The Kier molecular flexibility index (Phi) is 41.2. The van der Waals surface area contributed by atoms with Gasteiger partial charge in [0.2, 0.25) is 0 Å². The van der Waals surface area contributed by atoms with Gasteiger partial charge in [-0.25, -0.2) is 0 Å². The Labute approximate surface area is 229 Å². The van der Waals surface area contributed by atoms with Crippen molar-refractivity contribution in [3.8, 4) is 0 Å². The van der Waals surface area contributed by atoms with Gasteiger partial charge in [0, 0.05) is 6.54 Å². The van der Waals surface area contributed by atoms with Crippen LogP contribution in [0.1, 0.15) is 64.5 Å². The highest BCUT2D eigenvalue weighted by atomic mass is 79.9. The van der Waals surface area contributed by atoms with E-state index in [0.717, 1.165) is 52.4 Å². The molecule has 0 aromatic heterocycles. The topological polar surface area (TPSA) is 48.1 Å². The summed E-state index contributed by atoms with van der Waals surface area (Å²) in [6.45, 7) is 15.3. The zero-order chi connectivity index (χ0) is 18.2. The molecule has 0 heterocycles. The van der Waals surface area contributed by atoms with E-state index < -0.39 is 0 Å². The summed E-state index contributed by atoms with van der Waals surface area (Å²) in [6, 6.07) is 8.98. The standard InChI is InChI=1S/C21H40N4.CH4.4BrH/c1-4-22-12-5-13-23-14-6-15-24-16-7-17-25-18-20-8-10-21(11-9-20)19(2)3;;;;;/h8-11,19,22-25H,4-7,12-18H2,1-3H3;1H4;4*1H. The van der Waals surface area contributed by atoms with Gasteiger partial charge in [0.25, 0.3) is 0 Å². The third-order valence-electron chi connectivity index (χ3n) is 4.35. The lowest BCUT2D eigenvalue weighted by molar-refractivity contribution is 0.554. The molecule has 0 spiro atoms. The second kappa shape index (κ2) is 30.0. The summed E-state index contributed by atoms with van der Waals surface area (Å²) in [6.07, 6.45) is 3.60. The van der Waals surface area contributed by atoms with Crippen LogP contribution in [0.15, 0.2) is 24.3 Å². The lowest BCUT2D eigenvalue weighted by Gasteiger charge is -2.09. The van der Waals surface area contributed by atoms with Crippen LogP contribution in [0, 0.1) is 0 Å². The van der Waals surface area contributed by atoms with Crippen LogP contribution in [0.2, 0.25) is 0 Å². The molecule has 0 saturated carbocycles. The molecular weight excluding hydrogens is 640 g/mol. The van der Waals surface area contributed by atoms with Crippen molar-refractivity contribution in [1.29, 1.82) is 0 Å². The number of rotatable bonds is 16. The molecule has 0 unspecified atom stereocenters. The third kappa shape index (κ3) is 23.6. The van der Waals surface area contributed by atoms with Crippen molar-refractivity contribution < 1.29 is 0 Å². The highest BCUT2D eigenvalue weighted by Gasteiger charge is 1.98. The van der Waals surface area contributed by atoms with Crippen molar-refractivity contribution in [1.82, 2.24) is 21.3 Å². The summed E-state index contributed by atoms with van der Waals surface area (Å²) < 4.78 is 0. The molecule has 0 aliphatic rings. The van der Waals surface area contributed by atoms with Gasteiger partial charge >= 0.3 is 0 Å². The maximum Gasteiger partial charge on any atom is 0.0205 e. The number of hydrogen-bond acceptors (Lipinski definition) is 4. The Hall–Kier alpha value is 0.980. The van der Waals surface area contributed by atoms with Gasteiger partial charge in [0.15, 0.2) is 0 Å². The Balaban J connectivity index is -0.000000417. The van der Waals surface area contributed by atoms with Gasteiger partial charge in [-0.2, -0.15) is 0 Å². The summed E-state index contributed by atoms with van der Waals surface area (Å²) >= 11 is 0. The molecule has 4 N–H and O–H groups in total. The average Bonchev–Trinajstić information content (AvgIpc) is 2.62. The van der Waals surface area contributed by atoms with Crippen LogP contribution in [-0.4, -0.2) is 45.8 Å². The monoisotopic (exact) mass is 684 g/mol. The average molecular weight is 688 g/mol. The van der Waals surface area contributed by atoms with E-state index in [2.05, 4.69) is 66.3 Å². The zero-order valence-corrected chi connectivity index (χ0v) is 25.2. The smallest absolute Gasteiger partial charge is 0.0205 e. The third-order valence-corrected chi connectivity index (χ3v) is 4.35. The van der Waals surface area contributed by atoms with Crippen LogP contribution in [0.5, 0.6) is 0 Å². The minimum Gasteiger partial charge on any atom is -0.317 e. The van der Waals surface area contributed by atoms with E-state index in [4.69, 9.17) is 0 Å². The quantitative estimate of drug-likeness (QED) is 0.166. The van der Waals surface area contributed by atoms with Crippen LogP contribution >= 0.6 is 67.9 Å². The van der Waals surface area contributed by atoms with Crippen LogP contribution in [0.3, 0.4) is 0 Å². The normalized spacial score (nSPS) is 9.47. The highest BCUT2D eigenvalue weighted by Crippen LogP contribution is 2.14. The number of benzene rings is 1. The Morgan fingerprint density at radius 2 is 1.03 bits per heavy atom. The van der Waals surface area contributed by atoms with Crippen molar-refractivity contribution >= 4 is 67.9 Å². The molecule has 0 saturated heterocycles. The van der Waals surface area contributed by atoms with E-state index in [1.807, 2.05) is 0 Å². The molecular formula is C22H48Br4N4. The number of halogens is 4. The van der Waals surface area contributed by atoms with Crippen LogP contribution in [-0.2, 0) is 6.54 Å². The fourth-order valence-electron chi connectivity index (χ4n) is 2.70. The summed E-state index contributed by atoms with van der Waals surface area (Å²) in [5.41, 5.74) is 2.79. The first-order valence-electron chi connectivity index (χ1n) is 10.2. The number of hydrogen-bond donors (Lipinski definition) is 4. The maximum atomic E-state index is 3.53. The molecule has 1 rings (SSSR count). The van der Waals surface area contributed by atoms with Gasteiger partial charge in [-0.1, -0.05) is 52.5 Å². The molecule has 0 aliphatic heterocycles. The minimum absolute atomic E-state index is 0. The molecule has 4 nitrogen and oxygen atoms in total. The van der Waals surface area contributed by atoms with Crippen molar-refractivity contribution in [2.45, 2.75) is 59.9 Å². The first-order valence-corrected chi connectivity index (χ1v) is 10.2. The summed E-state index contributed by atoms with van der Waals surface area (Å²) in [7, 11) is 0. The van der Waals surface area contributed by atoms with Crippen molar-refractivity contribution in [2.75, 3.05) is 45.8 Å². The van der Waals surface area contributed by atoms with Gasteiger partial charge in [-0.3, -0.25) is 0 Å². The highest BCUT2D eigenvalue weighted by molar-refractivity contribution is 8.93. The van der Waals surface area contributed by atoms with Gasteiger partial charge in [0.1, 0.15) is 0 Å². The van der Waals surface area contributed by atoms with Crippen molar-refractivity contribution in [3.05, 3.63) is 35.4 Å². The van der Waals surface area contributed by atoms with E-state index in [0.29, 0.717) is 5.92 Å². The van der Waals surface area contributed by atoms with E-state index >= 15 is 0 Å². The lowest BCUT2D eigenvalue weighted by atomic mass is 10.0. The number of nitrogens with one attached hydrogen (secondary N) is 4. The largest absolute Gasteiger partial charge is 0.317 e. The summed E-state index contributed by atoms with van der Waals surface area (Å²) in [5.74, 6) is 0.612. The Morgan fingerprint density at radius 1 is 0.633 bits per heavy atom. The molecule has 0 radical (unpaired) electrons. The first-order chi connectivity index (χ1) is 12.2. The van der Waals surface area contributed by atoms with E-state index in [1.54, 1.807) is 0 Å². The predicted molar refractivity (Wildman–Crippen MR) is 158 cm³/mol. The van der Waals surface area contributed by atoms with Crippen LogP contribution in [0.25, 0.3) is 0 Å². The second-order valence-corrected chi connectivity index (χ2v) is 6.99. The zero-order valence-electron chi connectivity index (χ0n) is 18.3. The van der Waals surface area contributed by atoms with Gasteiger partial charge in [-0.15, -0.1) is 67.9 Å². The minimum atomic E-state index is 0. The summed E-state index contributed by atoms with van der Waals surface area (Å²) in [4.78, 5) is 0. The van der Waals surface area contributed by atoms with Gasteiger partial charge in [-0.05, 0) is 82.1 Å². The Morgan fingerprint density at radius 3 is 1.43 bits per heavy atom. The molecule has 0 aliphatic carbocycles. The maximum absolute atomic E-state index is 3.53. The first kappa shape index (κ1) is 41.3. The van der Waals surface area contributed by atoms with Crippen LogP contribution in [0.4, 0.5) is 0 Å². The fraction of sp³-hybridized carbons (Fsp3) is 0.727. The molecule has 0 amide bonds. The van der Waals surface area contributed by atoms with E-state index in [9.17, 15) is 0 Å². The molecule has 0 atom stereocenters. The lowest BCUT2D eigenvalue weighted by Crippen LogP contribution is -2.26. The molecule has 8 heteroatoms. The predicted octanol–water partition coefficient (Wildman–Crippen LogP) is 5.81. The molecule has 1 aromatic carbocycles. The Bertz CT molecular complexity index is 420. The molecule has 184 valence electrons. The molecule has 30 heavy (non-hydrogen) atoms. The molecule has 0 fully saturated rings. The summed E-state index contributed by atoms with van der Waals surface area (Å²) in [5, 5.41) is 13.9. The molecule has 1 aromatic rings. The second-order valence-electron chi connectivity index (χ2n) is 6.99. The van der Waals surface area contributed by atoms with E-state index in [-0.39, 0.29) is 75.4 Å². The van der Waals surface area contributed by atoms with Gasteiger partial charge in [0.05, 0.1) is 0 Å². The van der Waals surface area contributed by atoms with E-state index in [1.165, 1.54) is 30.4 Å². The fourth-order valence-corrected chi connectivity index (χ4v) is 2.70. The van der Waals surface area contributed by atoms with Crippen LogP contribution < -0.4 is 21.3 Å².